The Morgan fingerprint density at radius 1 is 1.35 bits per heavy atom. The Morgan fingerprint density at radius 2 is 2.25 bits per heavy atom. The lowest BCUT2D eigenvalue weighted by Crippen LogP contribution is -2.61. The van der Waals surface area contributed by atoms with Crippen LogP contribution in [0.4, 0.5) is 0 Å². The summed E-state index contributed by atoms with van der Waals surface area (Å²) in [5.74, 6) is 0.266. The van der Waals surface area contributed by atoms with Crippen molar-refractivity contribution < 1.29 is 19.0 Å². The molecular weight excluding hydrogens is 260 g/mol. The van der Waals surface area contributed by atoms with Crippen molar-refractivity contribution >= 4 is 5.91 Å². The Kier molecular flexibility index (Phi) is 4.12. The van der Waals surface area contributed by atoms with E-state index >= 15 is 0 Å². The van der Waals surface area contributed by atoms with E-state index in [1.54, 1.807) is 0 Å². The van der Waals surface area contributed by atoms with E-state index in [2.05, 4.69) is 11.8 Å². The van der Waals surface area contributed by atoms with Gasteiger partial charge in [0.25, 0.3) is 5.91 Å². The number of rotatable bonds is 2. The minimum atomic E-state index is -0.0621. The molecule has 112 valence electrons. The van der Waals surface area contributed by atoms with Crippen LogP contribution >= 0.6 is 0 Å². The monoisotopic (exact) mass is 282 g/mol. The molecule has 0 aromatic carbocycles. The van der Waals surface area contributed by atoms with E-state index in [4.69, 9.17) is 14.2 Å². The summed E-state index contributed by atoms with van der Waals surface area (Å²) in [5, 5.41) is 0. The molecule has 2 fully saturated rings. The maximum absolute atomic E-state index is 12.5. The summed E-state index contributed by atoms with van der Waals surface area (Å²) in [4.78, 5) is 16.8. The van der Waals surface area contributed by atoms with Gasteiger partial charge in [-0.25, -0.2) is 0 Å². The van der Waals surface area contributed by atoms with Crippen LogP contribution in [0.1, 0.15) is 13.3 Å². The second-order valence-electron chi connectivity index (χ2n) is 5.36. The fourth-order valence-electron chi connectivity index (χ4n) is 3.12. The summed E-state index contributed by atoms with van der Waals surface area (Å²) in [6.07, 6.45) is 2.52. The number of nitrogens with zero attached hydrogens (tertiary/aromatic N) is 2. The van der Waals surface area contributed by atoms with Crippen LogP contribution < -0.4 is 0 Å². The van der Waals surface area contributed by atoms with Gasteiger partial charge >= 0.3 is 0 Å². The molecule has 0 aromatic heterocycles. The number of hydrogen-bond donors (Lipinski definition) is 0. The number of hydrogen-bond acceptors (Lipinski definition) is 5. The van der Waals surface area contributed by atoms with E-state index in [9.17, 15) is 4.79 Å². The van der Waals surface area contributed by atoms with E-state index < -0.39 is 0 Å². The number of likely N-dealkylation sites (tertiary alicyclic amines) is 1. The molecule has 3 rings (SSSR count). The molecule has 2 saturated heterocycles. The van der Waals surface area contributed by atoms with Gasteiger partial charge in [-0.2, -0.15) is 0 Å². The molecule has 0 spiro atoms. The van der Waals surface area contributed by atoms with Crippen molar-refractivity contribution in [2.75, 3.05) is 46.0 Å². The van der Waals surface area contributed by atoms with E-state index in [1.165, 1.54) is 6.26 Å². The molecule has 0 saturated carbocycles. The molecule has 0 N–H and O–H groups in total. The van der Waals surface area contributed by atoms with Crippen LogP contribution in [0.15, 0.2) is 12.0 Å². The minimum Gasteiger partial charge on any atom is -0.494 e. The quantitative estimate of drug-likeness (QED) is 0.724. The average molecular weight is 282 g/mol. The van der Waals surface area contributed by atoms with Gasteiger partial charge in [0.2, 0.25) is 5.76 Å². The molecular formula is C14H22N2O4. The normalized spacial score (nSPS) is 30.9. The molecule has 3 aliphatic rings. The zero-order chi connectivity index (χ0) is 13.9. The molecule has 1 amide bonds. The molecule has 2 atom stereocenters. The molecule has 20 heavy (non-hydrogen) atoms. The highest BCUT2D eigenvalue weighted by molar-refractivity contribution is 5.91. The maximum Gasteiger partial charge on any atom is 0.292 e. The Bertz CT molecular complexity index is 399. The second kappa shape index (κ2) is 6.01. The standard InChI is InChI=1S/C14H22N2O4/c1-2-15-4-3-11-12(9-15)19-6-5-16(11)14(17)13-10-18-7-8-20-13/h10-12H,2-9H2,1H3. The molecule has 0 aromatic rings. The summed E-state index contributed by atoms with van der Waals surface area (Å²) in [7, 11) is 0. The van der Waals surface area contributed by atoms with Crippen molar-refractivity contribution in [2.24, 2.45) is 0 Å². The van der Waals surface area contributed by atoms with Crippen molar-refractivity contribution in [1.82, 2.24) is 9.80 Å². The van der Waals surface area contributed by atoms with E-state index in [-0.39, 0.29) is 18.1 Å². The van der Waals surface area contributed by atoms with Gasteiger partial charge in [-0.15, -0.1) is 0 Å². The van der Waals surface area contributed by atoms with Crippen LogP contribution in [0.5, 0.6) is 0 Å². The third kappa shape index (κ3) is 2.62. The first-order valence-corrected chi connectivity index (χ1v) is 7.39. The predicted molar refractivity (Wildman–Crippen MR) is 72.0 cm³/mol. The first-order chi connectivity index (χ1) is 9.79. The highest BCUT2D eigenvalue weighted by Crippen LogP contribution is 2.25. The van der Waals surface area contributed by atoms with Gasteiger partial charge in [-0.05, 0) is 13.0 Å². The number of fused-ring (bicyclic) bond motifs is 1. The first-order valence-electron chi connectivity index (χ1n) is 7.39. The van der Waals surface area contributed by atoms with Crippen molar-refractivity contribution in [3.63, 3.8) is 0 Å². The fraction of sp³-hybridized carbons (Fsp3) is 0.786. The summed E-state index contributed by atoms with van der Waals surface area (Å²) in [6.45, 7) is 7.29. The van der Waals surface area contributed by atoms with Gasteiger partial charge in [-0.3, -0.25) is 4.79 Å². The number of carbonyl (C=O) groups is 1. The van der Waals surface area contributed by atoms with Crippen LogP contribution in [-0.4, -0.2) is 73.9 Å². The number of likely N-dealkylation sites (N-methyl/N-ethyl adjacent to an activating group) is 1. The molecule has 0 radical (unpaired) electrons. The molecule has 3 heterocycles. The second-order valence-corrected chi connectivity index (χ2v) is 5.36. The molecule has 0 bridgehead atoms. The zero-order valence-electron chi connectivity index (χ0n) is 11.9. The fourth-order valence-corrected chi connectivity index (χ4v) is 3.12. The topological polar surface area (TPSA) is 51.2 Å². The largest absolute Gasteiger partial charge is 0.494 e. The third-order valence-electron chi connectivity index (χ3n) is 4.24. The lowest BCUT2D eigenvalue weighted by atomic mass is 9.98. The smallest absolute Gasteiger partial charge is 0.292 e. The highest BCUT2D eigenvalue weighted by Gasteiger charge is 2.40. The zero-order valence-corrected chi connectivity index (χ0v) is 11.9. The first kappa shape index (κ1) is 13.7. The Balaban J connectivity index is 1.70. The summed E-state index contributed by atoms with van der Waals surface area (Å²) >= 11 is 0. The maximum atomic E-state index is 12.5. The van der Waals surface area contributed by atoms with Crippen molar-refractivity contribution in [3.8, 4) is 0 Å². The van der Waals surface area contributed by atoms with Gasteiger partial charge in [0.1, 0.15) is 19.5 Å². The SMILES string of the molecule is CCN1CCC2C(C1)OCCN2C(=O)C1=COCCO1. The third-order valence-corrected chi connectivity index (χ3v) is 4.24. The Morgan fingerprint density at radius 3 is 3.00 bits per heavy atom. The number of piperidine rings is 1. The number of carbonyl (C=O) groups excluding carboxylic acids is 1. The van der Waals surface area contributed by atoms with Gasteiger partial charge in [0.15, 0.2) is 0 Å². The van der Waals surface area contributed by atoms with E-state index in [1.807, 2.05) is 4.90 Å². The van der Waals surface area contributed by atoms with Crippen molar-refractivity contribution in [1.29, 1.82) is 0 Å². The Labute approximate surface area is 119 Å². The van der Waals surface area contributed by atoms with Gasteiger partial charge in [0.05, 0.1) is 18.8 Å². The summed E-state index contributed by atoms with van der Waals surface area (Å²) in [6, 6.07) is 0.158. The molecule has 6 heteroatoms. The number of amides is 1. The van der Waals surface area contributed by atoms with Crippen LogP contribution in [0.2, 0.25) is 0 Å². The lowest BCUT2D eigenvalue weighted by Gasteiger charge is -2.46. The number of morpholine rings is 1. The minimum absolute atomic E-state index is 0.0621. The summed E-state index contributed by atoms with van der Waals surface area (Å²) in [5.41, 5.74) is 0. The van der Waals surface area contributed by atoms with Crippen LogP contribution in [0, 0.1) is 0 Å². The average Bonchev–Trinajstić information content (AvgIpc) is 2.54. The van der Waals surface area contributed by atoms with E-state index in [0.29, 0.717) is 32.1 Å². The van der Waals surface area contributed by atoms with Crippen molar-refractivity contribution in [2.45, 2.75) is 25.5 Å². The van der Waals surface area contributed by atoms with Gasteiger partial charge in [0, 0.05) is 19.6 Å². The number of ether oxygens (including phenoxy) is 3. The highest BCUT2D eigenvalue weighted by atomic mass is 16.6. The molecule has 3 aliphatic heterocycles. The lowest BCUT2D eigenvalue weighted by molar-refractivity contribution is -0.153. The van der Waals surface area contributed by atoms with Crippen LogP contribution in [0.25, 0.3) is 0 Å². The Hall–Kier alpha value is -1.27. The van der Waals surface area contributed by atoms with Crippen molar-refractivity contribution in [3.05, 3.63) is 12.0 Å². The molecule has 0 aliphatic carbocycles. The van der Waals surface area contributed by atoms with Crippen LogP contribution in [-0.2, 0) is 19.0 Å². The van der Waals surface area contributed by atoms with Gasteiger partial charge in [-0.1, -0.05) is 6.92 Å². The predicted octanol–water partition coefficient (Wildman–Crippen LogP) is 0.196. The van der Waals surface area contributed by atoms with E-state index in [0.717, 1.165) is 26.1 Å². The summed E-state index contributed by atoms with van der Waals surface area (Å²) < 4.78 is 16.5. The van der Waals surface area contributed by atoms with Gasteiger partial charge < -0.3 is 24.0 Å². The molecule has 2 unspecified atom stereocenters. The molecule has 6 nitrogen and oxygen atoms in total. The van der Waals surface area contributed by atoms with Crippen LogP contribution in [0.3, 0.4) is 0 Å².